The number of para-hydroxylation sites is 2. The van der Waals surface area contributed by atoms with E-state index in [4.69, 9.17) is 4.74 Å². The van der Waals surface area contributed by atoms with Crippen LogP contribution in [0.3, 0.4) is 0 Å². The van der Waals surface area contributed by atoms with Crippen LogP contribution in [0.5, 0.6) is 5.75 Å². The summed E-state index contributed by atoms with van der Waals surface area (Å²) in [6, 6.07) is 23.4. The fraction of sp³-hybridized carbons (Fsp3) is 0.259. The number of piperazine rings is 1. The summed E-state index contributed by atoms with van der Waals surface area (Å²) in [4.78, 5) is 28.7. The zero-order valence-corrected chi connectivity index (χ0v) is 19.0. The van der Waals surface area contributed by atoms with Crippen molar-refractivity contribution in [3.8, 4) is 5.75 Å². The van der Waals surface area contributed by atoms with E-state index in [9.17, 15) is 14.0 Å². The molecule has 1 fully saturated rings. The number of halogens is 1. The van der Waals surface area contributed by atoms with Crippen molar-refractivity contribution in [1.82, 2.24) is 10.2 Å². The summed E-state index contributed by atoms with van der Waals surface area (Å²) in [6.45, 7) is 2.95. The van der Waals surface area contributed by atoms with Crippen LogP contribution in [0.25, 0.3) is 0 Å². The van der Waals surface area contributed by atoms with E-state index in [0.717, 1.165) is 11.3 Å². The summed E-state index contributed by atoms with van der Waals surface area (Å²) < 4.78 is 19.6. The standard InChI is InChI=1S/C27H28FN3O3/c28-24-8-4-5-9-25(24)30-15-17-31(18-16-30)27(33)22-12-10-21(11-13-22)20-29-26(32)14-19-34-23-6-2-1-3-7-23/h1-13H,14-20H2,(H,29,32). The van der Waals surface area contributed by atoms with Crippen LogP contribution in [-0.4, -0.2) is 49.5 Å². The molecule has 3 aromatic rings. The van der Waals surface area contributed by atoms with Crippen molar-refractivity contribution in [1.29, 1.82) is 0 Å². The van der Waals surface area contributed by atoms with Crippen LogP contribution >= 0.6 is 0 Å². The lowest BCUT2D eigenvalue weighted by Gasteiger charge is -2.36. The molecule has 1 heterocycles. The summed E-state index contributed by atoms with van der Waals surface area (Å²) in [5.41, 5.74) is 2.09. The summed E-state index contributed by atoms with van der Waals surface area (Å²) in [7, 11) is 0. The maximum Gasteiger partial charge on any atom is 0.253 e. The number of nitrogens with zero attached hydrogens (tertiary/aromatic N) is 2. The maximum absolute atomic E-state index is 14.0. The predicted octanol–water partition coefficient (Wildman–Crippen LogP) is 3.87. The number of carbonyl (C=O) groups excluding carboxylic acids is 2. The second-order valence-corrected chi connectivity index (χ2v) is 8.12. The molecule has 1 aliphatic heterocycles. The molecule has 3 aromatic carbocycles. The SMILES string of the molecule is O=C(CCOc1ccccc1)NCc1ccc(C(=O)N2CCN(c3ccccc3F)CC2)cc1. The topological polar surface area (TPSA) is 61.9 Å². The van der Waals surface area contributed by atoms with E-state index in [1.54, 1.807) is 29.2 Å². The van der Waals surface area contributed by atoms with Crippen LogP contribution in [0, 0.1) is 5.82 Å². The van der Waals surface area contributed by atoms with Gasteiger partial charge in [0.2, 0.25) is 5.91 Å². The molecular weight excluding hydrogens is 433 g/mol. The predicted molar refractivity (Wildman–Crippen MR) is 129 cm³/mol. The summed E-state index contributed by atoms with van der Waals surface area (Å²) in [6.07, 6.45) is 0.268. The average Bonchev–Trinajstić information content (AvgIpc) is 2.88. The Hall–Kier alpha value is -3.87. The van der Waals surface area contributed by atoms with Gasteiger partial charge >= 0.3 is 0 Å². The number of nitrogens with one attached hydrogen (secondary N) is 1. The highest BCUT2D eigenvalue weighted by atomic mass is 19.1. The van der Waals surface area contributed by atoms with E-state index >= 15 is 0 Å². The molecular formula is C27H28FN3O3. The summed E-state index contributed by atoms with van der Waals surface area (Å²) in [5, 5.41) is 2.87. The first-order valence-corrected chi connectivity index (χ1v) is 11.4. The van der Waals surface area contributed by atoms with Gasteiger partial charge in [0, 0.05) is 38.3 Å². The second kappa shape index (κ2) is 11.3. The van der Waals surface area contributed by atoms with Crippen LogP contribution in [0.1, 0.15) is 22.3 Å². The number of amides is 2. The third kappa shape index (κ3) is 6.13. The van der Waals surface area contributed by atoms with Gasteiger partial charge < -0.3 is 19.9 Å². The van der Waals surface area contributed by atoms with Crippen molar-refractivity contribution in [3.63, 3.8) is 0 Å². The molecule has 0 bridgehead atoms. The number of hydrogen-bond acceptors (Lipinski definition) is 4. The lowest BCUT2D eigenvalue weighted by Crippen LogP contribution is -2.49. The van der Waals surface area contributed by atoms with E-state index in [1.807, 2.05) is 53.4 Å². The van der Waals surface area contributed by atoms with E-state index in [1.165, 1.54) is 6.07 Å². The molecule has 6 nitrogen and oxygen atoms in total. The molecule has 7 heteroatoms. The van der Waals surface area contributed by atoms with Gasteiger partial charge in [0.1, 0.15) is 11.6 Å². The molecule has 0 unspecified atom stereocenters. The van der Waals surface area contributed by atoms with Crippen molar-refractivity contribution in [3.05, 3.63) is 95.8 Å². The quantitative estimate of drug-likeness (QED) is 0.553. The molecule has 1 aliphatic rings. The molecule has 0 aliphatic carbocycles. The minimum absolute atomic E-state index is 0.0400. The van der Waals surface area contributed by atoms with Gasteiger partial charge in [-0.15, -0.1) is 0 Å². The highest BCUT2D eigenvalue weighted by Crippen LogP contribution is 2.21. The van der Waals surface area contributed by atoms with Gasteiger partial charge in [-0.25, -0.2) is 4.39 Å². The first-order valence-electron chi connectivity index (χ1n) is 11.4. The van der Waals surface area contributed by atoms with Crippen molar-refractivity contribution in [2.45, 2.75) is 13.0 Å². The highest BCUT2D eigenvalue weighted by molar-refractivity contribution is 5.94. The van der Waals surface area contributed by atoms with E-state index < -0.39 is 0 Å². The highest BCUT2D eigenvalue weighted by Gasteiger charge is 2.23. The van der Waals surface area contributed by atoms with Crippen LogP contribution in [0.4, 0.5) is 10.1 Å². The Bertz CT molecular complexity index is 1100. The third-order valence-electron chi connectivity index (χ3n) is 5.79. The Morgan fingerprint density at radius 2 is 1.53 bits per heavy atom. The summed E-state index contributed by atoms with van der Waals surface area (Å²) >= 11 is 0. The zero-order chi connectivity index (χ0) is 23.8. The van der Waals surface area contributed by atoms with Gasteiger partial charge in [-0.05, 0) is 42.0 Å². The minimum atomic E-state index is -0.242. The lowest BCUT2D eigenvalue weighted by molar-refractivity contribution is -0.121. The smallest absolute Gasteiger partial charge is 0.253 e. The molecule has 1 saturated heterocycles. The van der Waals surface area contributed by atoms with Crippen molar-refractivity contribution in [2.24, 2.45) is 0 Å². The van der Waals surface area contributed by atoms with Gasteiger partial charge in [0.05, 0.1) is 18.7 Å². The Labute approximate surface area is 198 Å². The van der Waals surface area contributed by atoms with Gasteiger partial charge in [0.15, 0.2) is 0 Å². The summed E-state index contributed by atoms with van der Waals surface area (Å²) in [5.74, 6) is 0.364. The normalized spacial score (nSPS) is 13.4. The molecule has 2 amide bonds. The fourth-order valence-electron chi connectivity index (χ4n) is 3.87. The number of anilines is 1. The second-order valence-electron chi connectivity index (χ2n) is 8.12. The maximum atomic E-state index is 14.0. The Balaban J connectivity index is 1.20. The Kier molecular flexibility index (Phi) is 7.75. The number of carbonyl (C=O) groups is 2. The molecule has 0 atom stereocenters. The van der Waals surface area contributed by atoms with Crippen molar-refractivity contribution < 1.29 is 18.7 Å². The number of rotatable bonds is 8. The first-order chi connectivity index (χ1) is 16.6. The van der Waals surface area contributed by atoms with Gasteiger partial charge in [0.25, 0.3) is 5.91 Å². The molecule has 4 rings (SSSR count). The third-order valence-corrected chi connectivity index (χ3v) is 5.79. The van der Waals surface area contributed by atoms with E-state index in [0.29, 0.717) is 50.6 Å². The molecule has 176 valence electrons. The van der Waals surface area contributed by atoms with E-state index in [2.05, 4.69) is 5.32 Å². The number of ether oxygens (including phenoxy) is 1. The molecule has 0 saturated carbocycles. The number of benzene rings is 3. The van der Waals surface area contributed by atoms with Crippen LogP contribution in [0.15, 0.2) is 78.9 Å². The van der Waals surface area contributed by atoms with Crippen LogP contribution < -0.4 is 15.0 Å². The van der Waals surface area contributed by atoms with E-state index in [-0.39, 0.29) is 24.1 Å². The first kappa shape index (κ1) is 23.3. The molecule has 1 N–H and O–H groups in total. The zero-order valence-electron chi connectivity index (χ0n) is 19.0. The van der Waals surface area contributed by atoms with Crippen LogP contribution in [-0.2, 0) is 11.3 Å². The lowest BCUT2D eigenvalue weighted by atomic mass is 10.1. The average molecular weight is 462 g/mol. The monoisotopic (exact) mass is 461 g/mol. The molecule has 0 aromatic heterocycles. The van der Waals surface area contributed by atoms with Gasteiger partial charge in [-0.3, -0.25) is 9.59 Å². The van der Waals surface area contributed by atoms with Crippen molar-refractivity contribution >= 4 is 17.5 Å². The molecule has 0 spiro atoms. The van der Waals surface area contributed by atoms with Gasteiger partial charge in [-0.1, -0.05) is 42.5 Å². The fourth-order valence-corrected chi connectivity index (χ4v) is 3.87. The largest absolute Gasteiger partial charge is 0.493 e. The molecule has 34 heavy (non-hydrogen) atoms. The minimum Gasteiger partial charge on any atom is -0.493 e. The van der Waals surface area contributed by atoms with Gasteiger partial charge in [-0.2, -0.15) is 0 Å². The Morgan fingerprint density at radius 3 is 2.24 bits per heavy atom. The number of hydrogen-bond donors (Lipinski definition) is 1. The van der Waals surface area contributed by atoms with Crippen molar-refractivity contribution in [2.75, 3.05) is 37.7 Å². The Morgan fingerprint density at radius 1 is 0.853 bits per heavy atom. The van der Waals surface area contributed by atoms with Crippen LogP contribution in [0.2, 0.25) is 0 Å². The molecule has 0 radical (unpaired) electrons.